The number of carbonyl (C=O) groups is 1. The number of nitrogens with zero attached hydrogens (tertiary/aromatic N) is 1. The van der Waals surface area contributed by atoms with Crippen LogP contribution in [-0.4, -0.2) is 42.9 Å². The van der Waals surface area contributed by atoms with Crippen LogP contribution in [0.25, 0.3) is 10.9 Å². The van der Waals surface area contributed by atoms with E-state index in [1.54, 1.807) is 0 Å². The highest BCUT2D eigenvalue weighted by Gasteiger charge is 2.35. The first-order valence-electron chi connectivity index (χ1n) is 9.66. The van der Waals surface area contributed by atoms with E-state index in [0.717, 1.165) is 31.5 Å². The van der Waals surface area contributed by atoms with Gasteiger partial charge in [-0.2, -0.15) is 0 Å². The molecule has 4 rings (SSSR count). The van der Waals surface area contributed by atoms with E-state index in [1.807, 2.05) is 0 Å². The van der Waals surface area contributed by atoms with Gasteiger partial charge in [-0.1, -0.05) is 12.1 Å². The molecular weight excluding hydrogens is 362 g/mol. The van der Waals surface area contributed by atoms with Gasteiger partial charge in [0.25, 0.3) is 5.91 Å². The number of amides is 1. The highest BCUT2D eigenvalue weighted by atomic mass is 32.1. The number of aromatic nitrogens is 1. The lowest BCUT2D eigenvalue weighted by atomic mass is 10.00. The molecule has 2 aliphatic rings. The molecule has 0 radical (unpaired) electrons. The molecule has 1 aliphatic heterocycles. The van der Waals surface area contributed by atoms with Crippen LogP contribution < -0.4 is 10.6 Å². The molecule has 27 heavy (non-hydrogen) atoms. The Hall–Kier alpha value is -1.54. The predicted octanol–water partition coefficient (Wildman–Crippen LogP) is 2.37. The zero-order valence-corrected chi connectivity index (χ0v) is 16.5. The summed E-state index contributed by atoms with van der Waals surface area (Å²) in [5, 5.41) is 7.70. The first-order chi connectivity index (χ1) is 13.2. The fraction of sp³-hybridized carbons (Fsp3) is 0.550. The smallest absolute Gasteiger partial charge is 0.250 e. The average molecular weight is 390 g/mol. The number of thiol groups is 1. The van der Waals surface area contributed by atoms with E-state index < -0.39 is 6.10 Å². The molecule has 2 atom stereocenters. The number of carbonyl (C=O) groups excluding carboxylic acids is 1. The maximum atomic E-state index is 12.7. The van der Waals surface area contributed by atoms with Crippen LogP contribution in [0.1, 0.15) is 30.0 Å². The Kier molecular flexibility index (Phi) is 5.73. The number of hydrogen-bond donors (Lipinski definition) is 3. The molecule has 2 aromatic rings. The number of ether oxygens (including phenoxy) is 1. The van der Waals surface area contributed by atoms with Crippen molar-refractivity contribution in [1.29, 1.82) is 0 Å². The second kappa shape index (κ2) is 8.22. The van der Waals surface area contributed by atoms with Crippen molar-refractivity contribution in [1.82, 2.24) is 15.2 Å². The Morgan fingerprint density at radius 3 is 3.04 bits per heavy atom. The molecule has 0 bridgehead atoms. The van der Waals surface area contributed by atoms with Gasteiger partial charge in [-0.05, 0) is 55.8 Å². The summed E-state index contributed by atoms with van der Waals surface area (Å²) in [6.45, 7) is 5.38. The summed E-state index contributed by atoms with van der Waals surface area (Å²) in [6.07, 6.45) is 4.05. The molecule has 7 heteroatoms. The Morgan fingerprint density at radius 2 is 2.33 bits per heavy atom. The standard InChI is InChI=1S/C20H27N3O3S/c1-13-12-23(7-9-26-27)17-10-15(4-5-16(13)17)19(14-2-3-14)22-20(24)18-11-21-6-8-25-18/h4-5,10,12,14,18-19,21,27H,2-3,6-9,11H2,1H3,(H,22,24). The molecule has 1 aromatic heterocycles. The van der Waals surface area contributed by atoms with Crippen molar-refractivity contribution in [2.75, 3.05) is 26.3 Å². The molecular formula is C20H27N3O3S. The Morgan fingerprint density at radius 1 is 1.48 bits per heavy atom. The Labute approximate surface area is 165 Å². The summed E-state index contributed by atoms with van der Waals surface area (Å²) in [6, 6.07) is 6.57. The minimum atomic E-state index is -0.401. The SMILES string of the molecule is Cc1cn(CCOS)c2cc(C(NC(=O)C3CNCCO3)C3CC3)ccc12. The van der Waals surface area contributed by atoms with Crippen molar-refractivity contribution in [3.05, 3.63) is 35.5 Å². The number of benzene rings is 1. The van der Waals surface area contributed by atoms with E-state index >= 15 is 0 Å². The molecule has 1 aromatic carbocycles. The summed E-state index contributed by atoms with van der Waals surface area (Å²) in [5.74, 6) is 0.488. The van der Waals surface area contributed by atoms with Gasteiger partial charge in [-0.25, -0.2) is 0 Å². The monoisotopic (exact) mass is 389 g/mol. The summed E-state index contributed by atoms with van der Waals surface area (Å²) < 4.78 is 12.8. The molecule has 2 fully saturated rings. The van der Waals surface area contributed by atoms with Crippen LogP contribution in [0.3, 0.4) is 0 Å². The lowest BCUT2D eigenvalue weighted by Gasteiger charge is -2.26. The molecule has 6 nitrogen and oxygen atoms in total. The quantitative estimate of drug-likeness (QED) is 0.503. The number of fused-ring (bicyclic) bond motifs is 1. The lowest BCUT2D eigenvalue weighted by molar-refractivity contribution is -0.135. The number of rotatable bonds is 7. The highest BCUT2D eigenvalue weighted by molar-refractivity contribution is 7.75. The topological polar surface area (TPSA) is 64.5 Å². The van der Waals surface area contributed by atoms with E-state index in [-0.39, 0.29) is 11.9 Å². The molecule has 2 heterocycles. The molecule has 1 amide bonds. The fourth-order valence-corrected chi connectivity index (χ4v) is 3.97. The normalized spacial score (nSPS) is 21.3. The van der Waals surface area contributed by atoms with Gasteiger partial charge < -0.3 is 24.1 Å². The van der Waals surface area contributed by atoms with Crippen LogP contribution in [0.5, 0.6) is 0 Å². The fourth-order valence-electron chi connectivity index (χ4n) is 3.89. The second-order valence-electron chi connectivity index (χ2n) is 7.50. The molecule has 1 saturated carbocycles. The lowest BCUT2D eigenvalue weighted by Crippen LogP contribution is -2.48. The van der Waals surface area contributed by atoms with E-state index in [0.29, 0.717) is 25.7 Å². The predicted molar refractivity (Wildman–Crippen MR) is 108 cm³/mol. The van der Waals surface area contributed by atoms with Gasteiger partial charge in [0.05, 0.1) is 19.3 Å². The van der Waals surface area contributed by atoms with Crippen molar-refractivity contribution in [2.24, 2.45) is 5.92 Å². The van der Waals surface area contributed by atoms with Crippen LogP contribution in [0, 0.1) is 12.8 Å². The van der Waals surface area contributed by atoms with Crippen molar-refractivity contribution in [3.63, 3.8) is 0 Å². The summed E-state index contributed by atoms with van der Waals surface area (Å²) in [7, 11) is 0. The third-order valence-corrected chi connectivity index (χ3v) is 5.68. The van der Waals surface area contributed by atoms with E-state index in [4.69, 9.17) is 8.92 Å². The van der Waals surface area contributed by atoms with E-state index in [9.17, 15) is 4.79 Å². The average Bonchev–Trinajstić information content (AvgIpc) is 3.49. The maximum absolute atomic E-state index is 12.7. The van der Waals surface area contributed by atoms with Gasteiger partial charge in [0.2, 0.25) is 0 Å². The second-order valence-corrected chi connectivity index (χ2v) is 7.76. The van der Waals surface area contributed by atoms with E-state index in [2.05, 4.69) is 59.4 Å². The van der Waals surface area contributed by atoms with Gasteiger partial charge in [-0.15, -0.1) is 0 Å². The van der Waals surface area contributed by atoms with Gasteiger partial charge >= 0.3 is 0 Å². The number of hydrogen-bond acceptors (Lipinski definition) is 5. The zero-order chi connectivity index (χ0) is 18.8. The summed E-state index contributed by atoms with van der Waals surface area (Å²) in [5.41, 5.74) is 3.57. The first-order valence-corrected chi connectivity index (χ1v) is 10.0. The molecule has 0 spiro atoms. The van der Waals surface area contributed by atoms with Crippen LogP contribution in [0.4, 0.5) is 0 Å². The van der Waals surface area contributed by atoms with Crippen molar-refractivity contribution in [2.45, 2.75) is 38.5 Å². The summed E-state index contributed by atoms with van der Waals surface area (Å²) >= 11 is 3.85. The number of nitrogens with one attached hydrogen (secondary N) is 2. The third-order valence-electron chi connectivity index (χ3n) is 5.50. The number of aryl methyl sites for hydroxylation is 1. The van der Waals surface area contributed by atoms with Crippen LogP contribution in [0.2, 0.25) is 0 Å². The Balaban J connectivity index is 1.58. The van der Waals surface area contributed by atoms with Crippen molar-refractivity contribution in [3.8, 4) is 0 Å². The maximum Gasteiger partial charge on any atom is 0.250 e. The van der Waals surface area contributed by atoms with Gasteiger partial charge in [0, 0.05) is 36.7 Å². The zero-order valence-electron chi connectivity index (χ0n) is 15.6. The molecule has 1 saturated heterocycles. The third kappa shape index (κ3) is 4.16. The Bertz CT molecular complexity index is 812. The van der Waals surface area contributed by atoms with Crippen molar-refractivity contribution < 1.29 is 13.7 Å². The largest absolute Gasteiger partial charge is 0.366 e. The molecule has 1 aliphatic carbocycles. The molecule has 2 N–H and O–H groups in total. The minimum Gasteiger partial charge on any atom is -0.366 e. The van der Waals surface area contributed by atoms with Gasteiger partial charge in [0.15, 0.2) is 0 Å². The van der Waals surface area contributed by atoms with Crippen molar-refractivity contribution >= 4 is 29.7 Å². The molecule has 146 valence electrons. The molecule has 2 unspecified atom stereocenters. The highest BCUT2D eigenvalue weighted by Crippen LogP contribution is 2.42. The first kappa shape index (κ1) is 18.8. The van der Waals surface area contributed by atoms with E-state index in [1.165, 1.54) is 16.5 Å². The van der Waals surface area contributed by atoms with Gasteiger partial charge in [-0.3, -0.25) is 4.79 Å². The number of morpholine rings is 1. The van der Waals surface area contributed by atoms with Crippen LogP contribution in [-0.2, 0) is 20.3 Å². The summed E-state index contributed by atoms with van der Waals surface area (Å²) in [4.78, 5) is 12.7. The van der Waals surface area contributed by atoms with Crippen LogP contribution in [0.15, 0.2) is 24.4 Å². The van der Waals surface area contributed by atoms with Gasteiger partial charge in [0.1, 0.15) is 6.10 Å². The minimum absolute atomic E-state index is 0.0192. The van der Waals surface area contributed by atoms with Crippen LogP contribution >= 0.6 is 12.9 Å².